The molecule has 0 aromatic rings. The maximum Gasteiger partial charge on any atom is 0.317 e. The van der Waals surface area contributed by atoms with E-state index in [0.29, 0.717) is 26.3 Å². The van der Waals surface area contributed by atoms with Gasteiger partial charge in [0.1, 0.15) is 0 Å². The van der Waals surface area contributed by atoms with Crippen molar-refractivity contribution in [3.8, 4) is 0 Å². The van der Waals surface area contributed by atoms with Gasteiger partial charge in [-0.3, -0.25) is 0 Å². The Hall–Kier alpha value is -0.770. The second-order valence-corrected chi connectivity index (χ2v) is 5.14. The molecule has 0 aliphatic carbocycles. The van der Waals surface area contributed by atoms with Gasteiger partial charge in [0.2, 0.25) is 0 Å². The van der Waals surface area contributed by atoms with Crippen LogP contribution in [-0.2, 0) is 4.74 Å². The van der Waals surface area contributed by atoms with E-state index in [0.717, 1.165) is 13.0 Å². The third-order valence-electron chi connectivity index (χ3n) is 2.45. The van der Waals surface area contributed by atoms with Crippen molar-refractivity contribution in [2.75, 3.05) is 32.8 Å². The highest BCUT2D eigenvalue weighted by Crippen LogP contribution is 2.16. The van der Waals surface area contributed by atoms with E-state index in [4.69, 9.17) is 4.74 Å². The predicted molar refractivity (Wildman–Crippen MR) is 59.9 cm³/mol. The van der Waals surface area contributed by atoms with Gasteiger partial charge >= 0.3 is 6.03 Å². The van der Waals surface area contributed by atoms with Crippen LogP contribution in [-0.4, -0.2) is 43.8 Å². The van der Waals surface area contributed by atoms with E-state index in [2.05, 4.69) is 26.1 Å². The molecule has 1 N–H and O–H groups in total. The van der Waals surface area contributed by atoms with E-state index >= 15 is 0 Å². The summed E-state index contributed by atoms with van der Waals surface area (Å²) >= 11 is 0. The van der Waals surface area contributed by atoms with E-state index in [1.165, 1.54) is 0 Å². The van der Waals surface area contributed by atoms with Crippen molar-refractivity contribution in [2.45, 2.75) is 27.2 Å². The largest absolute Gasteiger partial charge is 0.378 e. The van der Waals surface area contributed by atoms with Gasteiger partial charge in [-0.1, -0.05) is 20.8 Å². The third kappa shape index (κ3) is 5.02. The number of nitrogens with one attached hydrogen (secondary N) is 1. The van der Waals surface area contributed by atoms with Crippen LogP contribution in [0.15, 0.2) is 0 Å². The number of hydrogen-bond acceptors (Lipinski definition) is 2. The summed E-state index contributed by atoms with van der Waals surface area (Å²) in [6.07, 6.45) is 1.00. The van der Waals surface area contributed by atoms with Crippen molar-refractivity contribution < 1.29 is 9.53 Å². The third-order valence-corrected chi connectivity index (χ3v) is 2.45. The molecule has 0 radical (unpaired) electrons. The molecular formula is C11H22N2O2. The summed E-state index contributed by atoms with van der Waals surface area (Å²) in [5.41, 5.74) is 0.276. The Bertz CT molecular complexity index is 205. The highest BCUT2D eigenvalue weighted by atomic mass is 16.5. The Morgan fingerprint density at radius 2 is 1.93 bits per heavy atom. The molecule has 0 aromatic heterocycles. The molecule has 1 aliphatic heterocycles. The van der Waals surface area contributed by atoms with Crippen LogP contribution < -0.4 is 5.32 Å². The predicted octanol–water partition coefficient (Wildman–Crippen LogP) is 1.46. The smallest absolute Gasteiger partial charge is 0.317 e. The molecule has 2 amide bonds. The summed E-state index contributed by atoms with van der Waals surface area (Å²) in [6.45, 7) is 10.0. The zero-order valence-corrected chi connectivity index (χ0v) is 10.0. The van der Waals surface area contributed by atoms with Crippen molar-refractivity contribution in [1.82, 2.24) is 10.2 Å². The molecule has 1 heterocycles. The fourth-order valence-corrected chi connectivity index (χ4v) is 1.42. The van der Waals surface area contributed by atoms with Gasteiger partial charge in [0.25, 0.3) is 0 Å². The molecule has 4 heteroatoms. The van der Waals surface area contributed by atoms with Crippen LogP contribution in [0.1, 0.15) is 27.2 Å². The summed E-state index contributed by atoms with van der Waals surface area (Å²) in [5, 5.41) is 2.94. The Morgan fingerprint density at radius 1 is 1.33 bits per heavy atom. The quantitative estimate of drug-likeness (QED) is 0.756. The van der Waals surface area contributed by atoms with Crippen molar-refractivity contribution in [3.05, 3.63) is 0 Å². The number of rotatable bonds is 2. The monoisotopic (exact) mass is 214 g/mol. The van der Waals surface area contributed by atoms with Crippen molar-refractivity contribution in [2.24, 2.45) is 5.41 Å². The second kappa shape index (κ2) is 5.35. The lowest BCUT2D eigenvalue weighted by Gasteiger charge is -2.27. The molecule has 4 nitrogen and oxygen atoms in total. The molecule has 0 atom stereocenters. The van der Waals surface area contributed by atoms with Crippen LogP contribution in [0.2, 0.25) is 0 Å². The zero-order chi connectivity index (χ0) is 11.3. The van der Waals surface area contributed by atoms with E-state index in [9.17, 15) is 4.79 Å². The summed E-state index contributed by atoms with van der Waals surface area (Å²) in [7, 11) is 0. The summed E-state index contributed by atoms with van der Waals surface area (Å²) in [4.78, 5) is 13.5. The van der Waals surface area contributed by atoms with Crippen LogP contribution in [0.5, 0.6) is 0 Å². The first-order valence-electron chi connectivity index (χ1n) is 5.59. The lowest BCUT2D eigenvalue weighted by molar-refractivity contribution is 0.0531. The molecule has 0 bridgehead atoms. The van der Waals surface area contributed by atoms with Gasteiger partial charge in [0, 0.05) is 19.6 Å². The average molecular weight is 214 g/mol. The maximum atomic E-state index is 11.6. The van der Waals surface area contributed by atoms with Gasteiger partial charge in [0.15, 0.2) is 0 Å². The number of nitrogens with zero attached hydrogens (tertiary/aromatic N) is 1. The topological polar surface area (TPSA) is 41.6 Å². The van der Waals surface area contributed by atoms with Gasteiger partial charge in [0.05, 0.1) is 13.2 Å². The standard InChI is InChI=1S/C11H22N2O2/c1-11(2,3)4-5-12-10(14)13-6-8-15-9-7-13/h4-9H2,1-3H3,(H,12,14). The van der Waals surface area contributed by atoms with E-state index < -0.39 is 0 Å². The average Bonchev–Trinajstić information content (AvgIpc) is 2.17. The molecule has 1 fully saturated rings. The highest BCUT2D eigenvalue weighted by Gasteiger charge is 2.17. The molecule has 0 unspecified atom stereocenters. The SMILES string of the molecule is CC(C)(C)CCNC(=O)N1CCOCC1. The number of hydrogen-bond donors (Lipinski definition) is 1. The Labute approximate surface area is 92.0 Å². The fraction of sp³-hybridized carbons (Fsp3) is 0.909. The van der Waals surface area contributed by atoms with Gasteiger partial charge in [-0.15, -0.1) is 0 Å². The Kier molecular flexibility index (Phi) is 4.39. The van der Waals surface area contributed by atoms with Gasteiger partial charge < -0.3 is 15.0 Å². The normalized spacial score (nSPS) is 17.7. The van der Waals surface area contributed by atoms with E-state index in [-0.39, 0.29) is 11.4 Å². The molecule has 15 heavy (non-hydrogen) atoms. The Balaban J connectivity index is 2.17. The number of carbonyl (C=O) groups excluding carboxylic acids is 1. The molecule has 1 aliphatic rings. The molecule has 0 aromatic carbocycles. The number of morpholine rings is 1. The number of ether oxygens (including phenoxy) is 1. The molecule has 88 valence electrons. The lowest BCUT2D eigenvalue weighted by Crippen LogP contribution is -2.46. The van der Waals surface area contributed by atoms with E-state index in [1.807, 2.05) is 4.90 Å². The van der Waals surface area contributed by atoms with Gasteiger partial charge in [-0.25, -0.2) is 4.79 Å². The summed E-state index contributed by atoms with van der Waals surface area (Å²) in [5.74, 6) is 0. The van der Waals surface area contributed by atoms with Crippen LogP contribution >= 0.6 is 0 Å². The zero-order valence-electron chi connectivity index (χ0n) is 10.0. The van der Waals surface area contributed by atoms with Crippen molar-refractivity contribution in [1.29, 1.82) is 0 Å². The summed E-state index contributed by atoms with van der Waals surface area (Å²) in [6, 6.07) is 0.0440. The number of urea groups is 1. The fourth-order valence-electron chi connectivity index (χ4n) is 1.42. The Morgan fingerprint density at radius 3 is 2.47 bits per heavy atom. The molecule has 0 saturated carbocycles. The minimum absolute atomic E-state index is 0.0440. The van der Waals surface area contributed by atoms with Crippen LogP contribution in [0.3, 0.4) is 0 Å². The molecule has 0 spiro atoms. The first-order valence-corrected chi connectivity index (χ1v) is 5.59. The summed E-state index contributed by atoms with van der Waals surface area (Å²) < 4.78 is 5.19. The van der Waals surface area contributed by atoms with Crippen molar-refractivity contribution >= 4 is 6.03 Å². The van der Waals surface area contributed by atoms with Crippen LogP contribution in [0.4, 0.5) is 4.79 Å². The molecular weight excluding hydrogens is 192 g/mol. The van der Waals surface area contributed by atoms with Gasteiger partial charge in [-0.2, -0.15) is 0 Å². The number of carbonyl (C=O) groups is 1. The highest BCUT2D eigenvalue weighted by molar-refractivity contribution is 5.74. The number of amides is 2. The van der Waals surface area contributed by atoms with Crippen molar-refractivity contribution in [3.63, 3.8) is 0 Å². The molecule has 1 saturated heterocycles. The second-order valence-electron chi connectivity index (χ2n) is 5.14. The minimum atomic E-state index is 0.0440. The van der Waals surface area contributed by atoms with E-state index in [1.54, 1.807) is 0 Å². The molecule has 1 rings (SSSR count). The first-order chi connectivity index (χ1) is 6.99. The maximum absolute atomic E-state index is 11.6. The van der Waals surface area contributed by atoms with Crippen LogP contribution in [0.25, 0.3) is 0 Å². The van der Waals surface area contributed by atoms with Crippen LogP contribution in [0, 0.1) is 5.41 Å². The lowest BCUT2D eigenvalue weighted by atomic mass is 9.92. The minimum Gasteiger partial charge on any atom is -0.378 e. The van der Waals surface area contributed by atoms with Gasteiger partial charge in [-0.05, 0) is 11.8 Å². The first kappa shape index (κ1) is 12.3.